The number of halogens is 3. The zero-order chi connectivity index (χ0) is 22.5. The van der Waals surface area contributed by atoms with E-state index in [0.717, 1.165) is 3.57 Å². The van der Waals surface area contributed by atoms with Gasteiger partial charge in [-0.3, -0.25) is 10.1 Å². The maximum Gasteiger partial charge on any atom is 0.387 e. The molecule has 0 radical (unpaired) electrons. The Hall–Kier alpha value is -2.99. The van der Waals surface area contributed by atoms with Crippen molar-refractivity contribution in [2.45, 2.75) is 13.2 Å². The molecule has 1 N–H and O–H groups in total. The lowest BCUT2D eigenvalue weighted by Gasteiger charge is -2.04. The largest absolute Gasteiger partial charge is 0.486 e. The molecule has 4 aromatic rings. The van der Waals surface area contributed by atoms with Gasteiger partial charge < -0.3 is 13.9 Å². The normalized spacial score (nSPS) is 10.9. The smallest absolute Gasteiger partial charge is 0.387 e. The summed E-state index contributed by atoms with van der Waals surface area (Å²) in [5.74, 6) is 0.979. The lowest BCUT2D eigenvalue weighted by atomic mass is 10.2. The van der Waals surface area contributed by atoms with Gasteiger partial charge in [0.15, 0.2) is 10.9 Å². The number of nitrogens with one attached hydrogen (secondary N) is 1. The molecule has 0 fully saturated rings. The maximum atomic E-state index is 12.5. The molecule has 0 aliphatic carbocycles. The summed E-state index contributed by atoms with van der Waals surface area (Å²) in [5.41, 5.74) is 1.30. The van der Waals surface area contributed by atoms with Crippen molar-refractivity contribution in [1.29, 1.82) is 0 Å². The van der Waals surface area contributed by atoms with Gasteiger partial charge in [0, 0.05) is 14.5 Å². The highest BCUT2D eigenvalue weighted by Crippen LogP contribution is 2.27. The molecule has 2 heterocycles. The Bertz CT molecular complexity index is 1190. The molecule has 0 aliphatic heterocycles. The van der Waals surface area contributed by atoms with Crippen LogP contribution in [0, 0.1) is 3.57 Å². The highest BCUT2D eigenvalue weighted by molar-refractivity contribution is 14.1. The van der Waals surface area contributed by atoms with Gasteiger partial charge in [-0.15, -0.1) is 11.3 Å². The number of carbonyl (C=O) groups is 1. The minimum atomic E-state index is -2.88. The van der Waals surface area contributed by atoms with E-state index in [1.54, 1.807) is 29.6 Å². The van der Waals surface area contributed by atoms with E-state index in [1.807, 2.05) is 24.3 Å². The summed E-state index contributed by atoms with van der Waals surface area (Å²) in [6.45, 7) is -2.68. The average molecular weight is 568 g/mol. The van der Waals surface area contributed by atoms with Crippen molar-refractivity contribution in [1.82, 2.24) is 4.98 Å². The monoisotopic (exact) mass is 568 g/mol. The number of ether oxygens (including phenoxy) is 2. The van der Waals surface area contributed by atoms with Crippen LogP contribution in [0.2, 0.25) is 0 Å². The number of benzene rings is 2. The van der Waals surface area contributed by atoms with Gasteiger partial charge in [0.2, 0.25) is 0 Å². The van der Waals surface area contributed by atoms with E-state index in [9.17, 15) is 13.6 Å². The second-order valence-electron chi connectivity index (χ2n) is 6.40. The third-order valence-electron chi connectivity index (χ3n) is 4.18. The predicted molar refractivity (Wildman–Crippen MR) is 124 cm³/mol. The number of alkyl halides is 2. The molecule has 0 aliphatic rings. The third-order valence-corrected chi connectivity index (χ3v) is 5.66. The third kappa shape index (κ3) is 5.82. The number of carbonyl (C=O) groups excluding carboxylic acids is 1. The maximum absolute atomic E-state index is 12.5. The van der Waals surface area contributed by atoms with Crippen molar-refractivity contribution in [2.75, 3.05) is 5.32 Å². The quantitative estimate of drug-likeness (QED) is 0.248. The summed E-state index contributed by atoms with van der Waals surface area (Å²) >= 11 is 3.45. The molecule has 32 heavy (non-hydrogen) atoms. The Morgan fingerprint density at radius 3 is 2.50 bits per heavy atom. The summed E-state index contributed by atoms with van der Waals surface area (Å²) in [7, 11) is 0. The molecule has 2 aromatic heterocycles. The molecule has 0 bridgehead atoms. The van der Waals surface area contributed by atoms with Crippen LogP contribution >= 0.6 is 33.9 Å². The number of furan rings is 1. The zero-order valence-electron chi connectivity index (χ0n) is 16.3. The summed E-state index contributed by atoms with van der Waals surface area (Å²) in [5, 5.41) is 4.82. The van der Waals surface area contributed by atoms with E-state index >= 15 is 0 Å². The second kappa shape index (κ2) is 10.1. The van der Waals surface area contributed by atoms with Crippen molar-refractivity contribution in [3.05, 3.63) is 81.1 Å². The van der Waals surface area contributed by atoms with Crippen LogP contribution in [0.15, 0.2) is 70.5 Å². The van der Waals surface area contributed by atoms with Gasteiger partial charge in [-0.25, -0.2) is 4.98 Å². The van der Waals surface area contributed by atoms with E-state index < -0.39 is 12.5 Å². The Morgan fingerprint density at radius 1 is 1.06 bits per heavy atom. The first-order chi connectivity index (χ1) is 15.5. The molecule has 6 nitrogen and oxygen atoms in total. The highest BCUT2D eigenvalue weighted by atomic mass is 127. The molecule has 1 amide bonds. The number of aromatic nitrogens is 1. The van der Waals surface area contributed by atoms with E-state index in [-0.39, 0.29) is 18.1 Å². The van der Waals surface area contributed by atoms with Gasteiger partial charge >= 0.3 is 6.61 Å². The average Bonchev–Trinajstić information content (AvgIpc) is 3.43. The van der Waals surface area contributed by atoms with Crippen LogP contribution in [0.1, 0.15) is 16.3 Å². The number of hydrogen-bond acceptors (Lipinski definition) is 6. The molecule has 2 aromatic carbocycles. The fourth-order valence-electron chi connectivity index (χ4n) is 2.69. The number of anilines is 1. The summed E-state index contributed by atoms with van der Waals surface area (Å²) in [6.07, 6.45) is 0. The van der Waals surface area contributed by atoms with E-state index in [4.69, 9.17) is 9.15 Å². The van der Waals surface area contributed by atoms with Crippen LogP contribution < -0.4 is 14.8 Å². The molecule has 0 atom stereocenters. The highest BCUT2D eigenvalue weighted by Gasteiger charge is 2.14. The number of amides is 1. The van der Waals surface area contributed by atoms with Gasteiger partial charge in [0.1, 0.15) is 23.9 Å². The first-order valence-electron chi connectivity index (χ1n) is 9.25. The zero-order valence-corrected chi connectivity index (χ0v) is 19.2. The first kappa shape index (κ1) is 22.2. The molecule has 10 heteroatoms. The Balaban J connectivity index is 1.34. The standard InChI is InChI=1S/C22H15F2IN2O4S/c23-21(24)31-16-5-1-13(2-6-16)18-12-32-22(26-18)27-20(28)19-10-9-17(30-19)11-29-15-7-3-14(25)4-8-15/h1-10,12,21H,11H2,(H,26,27,28). The van der Waals surface area contributed by atoms with Gasteiger partial charge in [-0.2, -0.15) is 8.78 Å². The Labute approximate surface area is 199 Å². The van der Waals surface area contributed by atoms with Crippen LogP contribution in [-0.2, 0) is 6.61 Å². The fourth-order valence-corrected chi connectivity index (χ4v) is 3.77. The van der Waals surface area contributed by atoms with E-state index in [0.29, 0.717) is 27.9 Å². The van der Waals surface area contributed by atoms with Crippen LogP contribution in [0.3, 0.4) is 0 Å². The Morgan fingerprint density at radius 2 is 1.78 bits per heavy atom. The van der Waals surface area contributed by atoms with Crippen molar-refractivity contribution < 1.29 is 27.5 Å². The molecular weight excluding hydrogens is 553 g/mol. The number of nitrogens with zero attached hydrogens (tertiary/aromatic N) is 1. The molecule has 0 saturated carbocycles. The molecule has 4 rings (SSSR count). The van der Waals surface area contributed by atoms with Crippen molar-refractivity contribution in [3.8, 4) is 22.8 Å². The van der Waals surface area contributed by atoms with E-state index in [1.165, 1.54) is 23.5 Å². The number of rotatable bonds is 8. The summed E-state index contributed by atoms with van der Waals surface area (Å²) < 4.78 is 41.2. The molecule has 164 valence electrons. The SMILES string of the molecule is O=C(Nc1nc(-c2ccc(OC(F)F)cc2)cs1)c1ccc(COc2ccc(I)cc2)o1. The molecule has 0 spiro atoms. The van der Waals surface area contributed by atoms with E-state index in [2.05, 4.69) is 37.6 Å². The van der Waals surface area contributed by atoms with Gasteiger partial charge in [-0.05, 0) is 83.3 Å². The second-order valence-corrected chi connectivity index (χ2v) is 8.51. The van der Waals surface area contributed by atoms with Crippen LogP contribution in [0.25, 0.3) is 11.3 Å². The van der Waals surface area contributed by atoms with Crippen molar-refractivity contribution in [3.63, 3.8) is 0 Å². The number of thiazole rings is 1. The minimum Gasteiger partial charge on any atom is -0.486 e. The number of hydrogen-bond donors (Lipinski definition) is 1. The van der Waals surface area contributed by atoms with Gasteiger partial charge in [0.05, 0.1) is 5.69 Å². The van der Waals surface area contributed by atoms with Gasteiger partial charge in [-0.1, -0.05) is 0 Å². The topological polar surface area (TPSA) is 73.6 Å². The first-order valence-corrected chi connectivity index (χ1v) is 11.2. The van der Waals surface area contributed by atoms with Crippen LogP contribution in [0.4, 0.5) is 13.9 Å². The summed E-state index contributed by atoms with van der Waals surface area (Å²) in [4.78, 5) is 16.8. The molecular formula is C22H15F2IN2O4S. The lowest BCUT2D eigenvalue weighted by Crippen LogP contribution is -2.10. The Kier molecular flexibility index (Phi) is 7.00. The van der Waals surface area contributed by atoms with Crippen molar-refractivity contribution in [2.24, 2.45) is 0 Å². The molecule has 0 unspecified atom stereocenters. The van der Waals surface area contributed by atoms with Gasteiger partial charge in [0.25, 0.3) is 5.91 Å². The van der Waals surface area contributed by atoms with Crippen molar-refractivity contribution >= 4 is 45.0 Å². The van der Waals surface area contributed by atoms with Crippen LogP contribution in [-0.4, -0.2) is 17.5 Å². The lowest BCUT2D eigenvalue weighted by molar-refractivity contribution is -0.0498. The summed E-state index contributed by atoms with van der Waals surface area (Å²) in [6, 6.07) is 16.9. The molecule has 0 saturated heterocycles. The fraction of sp³-hybridized carbons (Fsp3) is 0.0909. The van der Waals surface area contributed by atoms with Crippen LogP contribution in [0.5, 0.6) is 11.5 Å². The minimum absolute atomic E-state index is 0.0622. The predicted octanol–water partition coefficient (Wildman–Crippen LogP) is 6.44.